The van der Waals surface area contributed by atoms with E-state index in [-0.39, 0.29) is 5.91 Å². The number of aromatic nitrogens is 2. The first-order chi connectivity index (χ1) is 14.2. The van der Waals surface area contributed by atoms with E-state index < -0.39 is 0 Å². The molecule has 0 spiro atoms. The number of nitrogens with zero attached hydrogens (tertiary/aromatic N) is 4. The highest BCUT2D eigenvalue weighted by Gasteiger charge is 2.24. The highest BCUT2D eigenvalue weighted by atomic mass is 79.9. The Morgan fingerprint density at radius 3 is 2.31 bits per heavy atom. The number of rotatable bonds is 5. The summed E-state index contributed by atoms with van der Waals surface area (Å²) in [6, 6.07) is 21.7. The molecule has 2 aromatic carbocycles. The number of carbonyl (C=O) groups is 1. The lowest BCUT2D eigenvalue weighted by molar-refractivity contribution is 0.0745. The normalized spacial score (nSPS) is 14.0. The van der Waals surface area contributed by atoms with Crippen LogP contribution in [-0.2, 0) is 6.54 Å². The van der Waals surface area contributed by atoms with Gasteiger partial charge in [0.25, 0.3) is 5.91 Å². The topological polar surface area (TPSA) is 61.4 Å². The minimum atomic E-state index is 0.0590. The van der Waals surface area contributed by atoms with Crippen molar-refractivity contribution in [2.45, 2.75) is 6.54 Å². The van der Waals surface area contributed by atoms with Crippen LogP contribution in [-0.4, -0.2) is 47.2 Å². The number of amides is 1. The van der Waals surface area contributed by atoms with Crippen molar-refractivity contribution in [1.29, 1.82) is 0 Å². The molecule has 0 radical (unpaired) electrons. The summed E-state index contributed by atoms with van der Waals surface area (Å²) < 4.78 is 0.830. The van der Waals surface area contributed by atoms with Crippen molar-refractivity contribution < 1.29 is 4.79 Å². The average molecular weight is 452 g/mol. The van der Waals surface area contributed by atoms with Gasteiger partial charge in [-0.15, -0.1) is 10.2 Å². The van der Waals surface area contributed by atoms with Crippen LogP contribution in [0, 0.1) is 0 Å². The lowest BCUT2D eigenvalue weighted by atomic mass is 10.2. The molecule has 0 unspecified atom stereocenters. The number of hydrogen-bond donors (Lipinski definition) is 1. The van der Waals surface area contributed by atoms with Crippen LogP contribution in [0.4, 0.5) is 11.6 Å². The Labute approximate surface area is 178 Å². The Kier molecular flexibility index (Phi) is 6.05. The van der Waals surface area contributed by atoms with Crippen molar-refractivity contribution in [3.8, 4) is 0 Å². The number of anilines is 2. The number of hydrogen-bond acceptors (Lipinski definition) is 5. The van der Waals surface area contributed by atoms with Crippen molar-refractivity contribution in [2.24, 2.45) is 0 Å². The monoisotopic (exact) mass is 451 g/mol. The standard InChI is InChI=1S/C22H22BrN5O/c23-19-9-5-4-8-18(19)22(29)28-14-12-27(13-15-28)21-11-10-20(25-26-21)24-16-17-6-2-1-3-7-17/h1-11H,12-16H2,(H,24,25). The molecule has 1 saturated heterocycles. The first kappa shape index (κ1) is 19.4. The van der Waals surface area contributed by atoms with E-state index in [9.17, 15) is 4.79 Å². The van der Waals surface area contributed by atoms with Gasteiger partial charge in [0, 0.05) is 37.2 Å². The third-order valence-corrected chi connectivity index (χ3v) is 5.65. The van der Waals surface area contributed by atoms with Crippen molar-refractivity contribution in [3.63, 3.8) is 0 Å². The Morgan fingerprint density at radius 1 is 0.897 bits per heavy atom. The Bertz CT molecular complexity index is 956. The third kappa shape index (κ3) is 4.74. The molecule has 148 valence electrons. The highest BCUT2D eigenvalue weighted by Crippen LogP contribution is 2.20. The van der Waals surface area contributed by atoms with Crippen LogP contribution < -0.4 is 10.2 Å². The van der Waals surface area contributed by atoms with Crippen LogP contribution in [0.5, 0.6) is 0 Å². The molecule has 1 amide bonds. The molecule has 0 bridgehead atoms. The summed E-state index contributed by atoms with van der Waals surface area (Å²) in [6.07, 6.45) is 0. The smallest absolute Gasteiger partial charge is 0.255 e. The van der Waals surface area contributed by atoms with E-state index in [1.54, 1.807) is 0 Å². The highest BCUT2D eigenvalue weighted by molar-refractivity contribution is 9.10. The van der Waals surface area contributed by atoms with E-state index in [1.807, 2.05) is 59.5 Å². The number of carbonyl (C=O) groups excluding carboxylic acids is 1. The van der Waals surface area contributed by atoms with Crippen LogP contribution in [0.1, 0.15) is 15.9 Å². The predicted octanol–water partition coefficient (Wildman–Crippen LogP) is 3.81. The maximum atomic E-state index is 12.7. The Hall–Kier alpha value is -2.93. The fourth-order valence-corrected chi connectivity index (χ4v) is 3.77. The predicted molar refractivity (Wildman–Crippen MR) is 118 cm³/mol. The molecule has 1 aliphatic rings. The molecule has 29 heavy (non-hydrogen) atoms. The molecule has 0 atom stereocenters. The van der Waals surface area contributed by atoms with Gasteiger partial charge in [0.2, 0.25) is 0 Å². The largest absolute Gasteiger partial charge is 0.365 e. The van der Waals surface area contributed by atoms with E-state index >= 15 is 0 Å². The molecular weight excluding hydrogens is 430 g/mol. The lowest BCUT2D eigenvalue weighted by Gasteiger charge is -2.35. The first-order valence-corrected chi connectivity index (χ1v) is 10.4. The van der Waals surface area contributed by atoms with E-state index in [2.05, 4.69) is 48.5 Å². The zero-order valence-corrected chi connectivity index (χ0v) is 17.5. The van der Waals surface area contributed by atoms with Crippen LogP contribution in [0.25, 0.3) is 0 Å². The van der Waals surface area contributed by atoms with Gasteiger partial charge in [0.15, 0.2) is 5.82 Å². The van der Waals surface area contributed by atoms with Gasteiger partial charge < -0.3 is 15.1 Å². The quantitative estimate of drug-likeness (QED) is 0.638. The molecule has 1 aromatic heterocycles. The maximum absolute atomic E-state index is 12.7. The zero-order chi connectivity index (χ0) is 20.1. The number of nitrogens with one attached hydrogen (secondary N) is 1. The molecular formula is C22H22BrN5O. The third-order valence-electron chi connectivity index (χ3n) is 4.96. The van der Waals surface area contributed by atoms with Crippen molar-refractivity contribution >= 4 is 33.5 Å². The SMILES string of the molecule is O=C(c1ccccc1Br)N1CCN(c2ccc(NCc3ccccc3)nn2)CC1. The van der Waals surface area contributed by atoms with Crippen molar-refractivity contribution in [1.82, 2.24) is 15.1 Å². The minimum absolute atomic E-state index is 0.0590. The van der Waals surface area contributed by atoms with Gasteiger partial charge in [-0.1, -0.05) is 42.5 Å². The van der Waals surface area contributed by atoms with Gasteiger partial charge in [0.05, 0.1) is 5.56 Å². The van der Waals surface area contributed by atoms with Crippen molar-refractivity contribution in [2.75, 3.05) is 36.4 Å². The van der Waals surface area contributed by atoms with E-state index in [1.165, 1.54) is 5.56 Å². The second-order valence-electron chi connectivity index (χ2n) is 6.88. The second kappa shape index (κ2) is 9.05. The number of halogens is 1. The van der Waals surface area contributed by atoms with Gasteiger partial charge in [0.1, 0.15) is 5.82 Å². The van der Waals surface area contributed by atoms with Crippen LogP contribution >= 0.6 is 15.9 Å². The number of benzene rings is 2. The van der Waals surface area contributed by atoms with E-state index in [4.69, 9.17) is 0 Å². The Morgan fingerprint density at radius 2 is 1.62 bits per heavy atom. The van der Waals surface area contributed by atoms with Gasteiger partial charge in [-0.25, -0.2) is 0 Å². The summed E-state index contributed by atoms with van der Waals surface area (Å²) in [7, 11) is 0. The molecule has 1 fully saturated rings. The molecule has 3 aromatic rings. The average Bonchev–Trinajstić information content (AvgIpc) is 2.79. The molecule has 2 heterocycles. The van der Waals surface area contributed by atoms with E-state index in [0.717, 1.165) is 29.2 Å². The maximum Gasteiger partial charge on any atom is 0.255 e. The fourth-order valence-electron chi connectivity index (χ4n) is 3.32. The Balaban J connectivity index is 1.31. The van der Waals surface area contributed by atoms with Gasteiger partial charge >= 0.3 is 0 Å². The minimum Gasteiger partial charge on any atom is -0.365 e. The van der Waals surface area contributed by atoms with Crippen LogP contribution in [0.2, 0.25) is 0 Å². The van der Waals surface area contributed by atoms with Crippen LogP contribution in [0.15, 0.2) is 71.2 Å². The molecule has 7 heteroatoms. The zero-order valence-electron chi connectivity index (χ0n) is 16.0. The summed E-state index contributed by atoms with van der Waals surface area (Å²) >= 11 is 3.46. The molecule has 0 aliphatic carbocycles. The molecule has 4 rings (SSSR count). The van der Waals surface area contributed by atoms with Crippen LogP contribution in [0.3, 0.4) is 0 Å². The summed E-state index contributed by atoms with van der Waals surface area (Å²) in [5.74, 6) is 1.65. The molecule has 6 nitrogen and oxygen atoms in total. The number of piperazine rings is 1. The van der Waals surface area contributed by atoms with Gasteiger partial charge in [-0.05, 0) is 45.8 Å². The summed E-state index contributed by atoms with van der Waals surface area (Å²) in [5.41, 5.74) is 1.90. The molecule has 1 N–H and O–H groups in total. The fraction of sp³-hybridized carbons (Fsp3) is 0.227. The van der Waals surface area contributed by atoms with E-state index in [0.29, 0.717) is 25.2 Å². The first-order valence-electron chi connectivity index (χ1n) is 9.61. The van der Waals surface area contributed by atoms with Gasteiger partial charge in [-0.2, -0.15) is 0 Å². The van der Waals surface area contributed by atoms with Crippen molar-refractivity contribution in [3.05, 3.63) is 82.3 Å². The second-order valence-corrected chi connectivity index (χ2v) is 7.73. The molecule has 0 saturated carbocycles. The summed E-state index contributed by atoms with van der Waals surface area (Å²) in [5, 5.41) is 11.9. The van der Waals surface area contributed by atoms with Gasteiger partial charge in [-0.3, -0.25) is 4.79 Å². The lowest BCUT2D eigenvalue weighted by Crippen LogP contribution is -2.49. The molecule has 1 aliphatic heterocycles. The summed E-state index contributed by atoms with van der Waals surface area (Å²) in [6.45, 7) is 3.51. The summed E-state index contributed by atoms with van der Waals surface area (Å²) in [4.78, 5) is 16.8.